The fourth-order valence-corrected chi connectivity index (χ4v) is 4.32. The number of methoxy groups -OCH3 is 1. The number of unbranched alkanes of at least 4 members (excludes halogenated alkanes) is 1. The van der Waals surface area contributed by atoms with Gasteiger partial charge in [0.05, 0.1) is 13.7 Å². The number of ketones is 1. The zero-order valence-corrected chi connectivity index (χ0v) is 18.0. The van der Waals surface area contributed by atoms with Crippen LogP contribution in [0.2, 0.25) is 0 Å². The van der Waals surface area contributed by atoms with Gasteiger partial charge in [-0.15, -0.1) is 0 Å². The van der Waals surface area contributed by atoms with Gasteiger partial charge in [0, 0.05) is 18.4 Å². The standard InChI is InChI=1S/C22H28N2O5S/c1-28-20-8-3-2-6-16(20)9-12-24-11-5-4-7-19(25)18-14-17-10-13-29-22(17)21(15-18)30(23,26)27/h2-3,6,8,14-15,24H,4-5,7,9-13H2,1H3,(H2,23,26,27). The predicted octanol–water partition coefficient (Wildman–Crippen LogP) is 2.46. The SMILES string of the molecule is COc1ccccc1CCNCCCCC(=O)c1cc2c(c(S(N)(=O)=O)c1)OCC2. The molecule has 0 spiro atoms. The van der Waals surface area contributed by atoms with Crippen LogP contribution < -0.4 is 19.9 Å². The third-order valence-corrected chi connectivity index (χ3v) is 6.07. The summed E-state index contributed by atoms with van der Waals surface area (Å²) in [5, 5.41) is 8.67. The van der Waals surface area contributed by atoms with Gasteiger partial charge in [-0.2, -0.15) is 0 Å². The highest BCUT2D eigenvalue weighted by atomic mass is 32.2. The molecule has 0 saturated carbocycles. The Hall–Kier alpha value is -2.42. The number of fused-ring (bicyclic) bond motifs is 1. The van der Waals surface area contributed by atoms with Crippen LogP contribution in [0.3, 0.4) is 0 Å². The second-order valence-electron chi connectivity index (χ2n) is 7.30. The average Bonchev–Trinajstić information content (AvgIpc) is 3.20. The first kappa shape index (κ1) is 22.3. The normalized spacial score (nSPS) is 13.0. The molecule has 3 rings (SSSR count). The maximum Gasteiger partial charge on any atom is 0.241 e. The van der Waals surface area contributed by atoms with Crippen molar-refractivity contribution in [3.05, 3.63) is 53.1 Å². The van der Waals surface area contributed by atoms with E-state index in [-0.39, 0.29) is 16.4 Å². The van der Waals surface area contributed by atoms with Crippen molar-refractivity contribution in [1.82, 2.24) is 5.32 Å². The molecule has 1 aliphatic rings. The Morgan fingerprint density at radius 3 is 2.77 bits per heavy atom. The highest BCUT2D eigenvalue weighted by molar-refractivity contribution is 7.89. The molecule has 1 aliphatic heterocycles. The first-order valence-electron chi connectivity index (χ1n) is 10.1. The van der Waals surface area contributed by atoms with E-state index in [1.54, 1.807) is 13.2 Å². The molecule has 2 aromatic rings. The van der Waals surface area contributed by atoms with E-state index in [9.17, 15) is 13.2 Å². The number of Topliss-reactive ketones (excluding diaryl/α,β-unsaturated/α-hetero) is 1. The number of hydrogen-bond acceptors (Lipinski definition) is 6. The van der Waals surface area contributed by atoms with Gasteiger partial charge in [0.1, 0.15) is 16.4 Å². The van der Waals surface area contributed by atoms with Crippen LogP contribution >= 0.6 is 0 Å². The number of carbonyl (C=O) groups excluding carboxylic acids is 1. The van der Waals surface area contributed by atoms with Crippen molar-refractivity contribution in [3.63, 3.8) is 0 Å². The largest absolute Gasteiger partial charge is 0.496 e. The van der Waals surface area contributed by atoms with Crippen LogP contribution in [0.1, 0.15) is 40.7 Å². The summed E-state index contributed by atoms with van der Waals surface area (Å²) < 4.78 is 34.4. The fourth-order valence-electron chi connectivity index (χ4n) is 3.58. The highest BCUT2D eigenvalue weighted by Gasteiger charge is 2.25. The lowest BCUT2D eigenvalue weighted by Gasteiger charge is -2.10. The van der Waals surface area contributed by atoms with E-state index in [1.807, 2.05) is 18.2 Å². The van der Waals surface area contributed by atoms with Gasteiger partial charge < -0.3 is 14.8 Å². The Bertz CT molecular complexity index is 1000. The summed E-state index contributed by atoms with van der Waals surface area (Å²) in [6, 6.07) is 11.0. The number of para-hydroxylation sites is 1. The van der Waals surface area contributed by atoms with Gasteiger partial charge in [0.15, 0.2) is 5.78 Å². The van der Waals surface area contributed by atoms with Crippen LogP contribution in [0.5, 0.6) is 11.5 Å². The minimum atomic E-state index is -3.94. The van der Waals surface area contributed by atoms with Crippen LogP contribution in [0.4, 0.5) is 0 Å². The Kier molecular flexibility index (Phi) is 7.47. The number of rotatable bonds is 11. The van der Waals surface area contributed by atoms with Crippen molar-refractivity contribution >= 4 is 15.8 Å². The number of carbonyl (C=O) groups is 1. The number of nitrogens with two attached hydrogens (primary N) is 1. The van der Waals surface area contributed by atoms with E-state index >= 15 is 0 Å². The summed E-state index contributed by atoms with van der Waals surface area (Å²) in [5.74, 6) is 1.10. The van der Waals surface area contributed by atoms with Crippen LogP contribution in [0.15, 0.2) is 41.3 Å². The lowest BCUT2D eigenvalue weighted by atomic mass is 10.0. The molecule has 7 nitrogen and oxygen atoms in total. The molecular weight excluding hydrogens is 404 g/mol. The van der Waals surface area contributed by atoms with Crippen LogP contribution in [-0.4, -0.2) is 41.0 Å². The molecule has 0 unspecified atom stereocenters. The lowest BCUT2D eigenvalue weighted by Crippen LogP contribution is -2.19. The summed E-state index contributed by atoms with van der Waals surface area (Å²) in [4.78, 5) is 12.5. The number of sulfonamides is 1. The van der Waals surface area contributed by atoms with Gasteiger partial charge in [-0.05, 0) is 61.7 Å². The van der Waals surface area contributed by atoms with Crippen molar-refractivity contribution in [2.75, 3.05) is 26.8 Å². The third kappa shape index (κ3) is 5.59. The Labute approximate surface area is 177 Å². The Morgan fingerprint density at radius 1 is 1.20 bits per heavy atom. The zero-order chi connectivity index (χ0) is 21.6. The molecule has 1 heterocycles. The maximum absolute atomic E-state index is 12.6. The minimum absolute atomic E-state index is 0.0800. The third-order valence-electron chi connectivity index (χ3n) is 5.15. The topological polar surface area (TPSA) is 108 Å². The van der Waals surface area contributed by atoms with Gasteiger partial charge in [-0.1, -0.05) is 18.2 Å². The van der Waals surface area contributed by atoms with Crippen molar-refractivity contribution in [2.24, 2.45) is 5.14 Å². The maximum atomic E-state index is 12.6. The molecule has 0 fully saturated rings. The average molecular weight is 433 g/mol. The van der Waals surface area contributed by atoms with Gasteiger partial charge in [-0.3, -0.25) is 4.79 Å². The molecule has 0 saturated heterocycles. The van der Waals surface area contributed by atoms with Crippen LogP contribution in [0, 0.1) is 0 Å². The van der Waals surface area contributed by atoms with Crippen molar-refractivity contribution in [1.29, 1.82) is 0 Å². The van der Waals surface area contributed by atoms with Gasteiger partial charge in [0.2, 0.25) is 10.0 Å². The summed E-state index contributed by atoms with van der Waals surface area (Å²) in [6.45, 7) is 2.04. The summed E-state index contributed by atoms with van der Waals surface area (Å²) >= 11 is 0. The van der Waals surface area contributed by atoms with Crippen molar-refractivity contribution in [2.45, 2.75) is 37.0 Å². The minimum Gasteiger partial charge on any atom is -0.496 e. The van der Waals surface area contributed by atoms with Crippen molar-refractivity contribution in [3.8, 4) is 11.5 Å². The van der Waals surface area contributed by atoms with Crippen LogP contribution in [-0.2, 0) is 22.9 Å². The monoisotopic (exact) mass is 432 g/mol. The summed E-state index contributed by atoms with van der Waals surface area (Å²) in [7, 11) is -2.27. The predicted molar refractivity (Wildman–Crippen MR) is 115 cm³/mol. The zero-order valence-electron chi connectivity index (χ0n) is 17.1. The second-order valence-corrected chi connectivity index (χ2v) is 8.83. The van der Waals surface area contributed by atoms with E-state index in [0.29, 0.717) is 25.0 Å². The van der Waals surface area contributed by atoms with E-state index in [2.05, 4.69) is 11.4 Å². The molecule has 0 amide bonds. The van der Waals surface area contributed by atoms with Gasteiger partial charge in [0.25, 0.3) is 0 Å². The van der Waals surface area contributed by atoms with Crippen LogP contribution in [0.25, 0.3) is 0 Å². The molecular formula is C22H28N2O5S. The number of hydrogen-bond donors (Lipinski definition) is 2. The van der Waals surface area contributed by atoms with E-state index < -0.39 is 10.0 Å². The summed E-state index contributed by atoms with van der Waals surface area (Å²) in [5.41, 5.74) is 2.27. The quantitative estimate of drug-likeness (QED) is 0.417. The Balaban J connectivity index is 1.44. The first-order chi connectivity index (χ1) is 14.4. The smallest absolute Gasteiger partial charge is 0.241 e. The number of primary sulfonamides is 1. The Morgan fingerprint density at radius 2 is 2.00 bits per heavy atom. The van der Waals surface area contributed by atoms with E-state index in [1.165, 1.54) is 6.07 Å². The second kappa shape index (κ2) is 10.1. The molecule has 8 heteroatoms. The summed E-state index contributed by atoms with van der Waals surface area (Å²) in [6.07, 6.45) is 3.38. The molecule has 30 heavy (non-hydrogen) atoms. The highest BCUT2D eigenvalue weighted by Crippen LogP contribution is 2.34. The number of ether oxygens (including phenoxy) is 2. The molecule has 3 N–H and O–H groups in total. The number of benzene rings is 2. The molecule has 0 radical (unpaired) electrons. The molecule has 0 aliphatic carbocycles. The van der Waals surface area contributed by atoms with E-state index in [4.69, 9.17) is 14.6 Å². The van der Waals surface area contributed by atoms with Crippen molar-refractivity contribution < 1.29 is 22.7 Å². The molecule has 0 aromatic heterocycles. The van der Waals surface area contributed by atoms with Gasteiger partial charge >= 0.3 is 0 Å². The van der Waals surface area contributed by atoms with E-state index in [0.717, 1.165) is 49.2 Å². The fraction of sp³-hybridized carbons (Fsp3) is 0.409. The first-order valence-corrected chi connectivity index (χ1v) is 11.6. The molecule has 0 atom stereocenters. The molecule has 0 bridgehead atoms. The lowest BCUT2D eigenvalue weighted by molar-refractivity contribution is 0.0979. The molecule has 2 aromatic carbocycles. The molecule has 162 valence electrons. The van der Waals surface area contributed by atoms with Gasteiger partial charge in [-0.25, -0.2) is 13.6 Å². The number of nitrogens with one attached hydrogen (secondary N) is 1.